The van der Waals surface area contributed by atoms with Crippen LogP contribution in [0.25, 0.3) is 11.1 Å². The van der Waals surface area contributed by atoms with Crippen LogP contribution in [-0.4, -0.2) is 28.3 Å². The summed E-state index contributed by atoms with van der Waals surface area (Å²) in [4.78, 5) is 46.4. The molecule has 0 saturated heterocycles. The van der Waals surface area contributed by atoms with Gasteiger partial charge in [0.2, 0.25) is 5.91 Å². The van der Waals surface area contributed by atoms with Gasteiger partial charge in [-0.15, -0.1) is 0 Å². The number of aromatic nitrogens is 1. The highest BCUT2D eigenvalue weighted by Crippen LogP contribution is 2.29. The van der Waals surface area contributed by atoms with E-state index in [1.54, 1.807) is 0 Å². The van der Waals surface area contributed by atoms with Crippen molar-refractivity contribution in [2.75, 3.05) is 12.4 Å². The van der Waals surface area contributed by atoms with Gasteiger partial charge >= 0.3 is 5.76 Å². The number of nitro groups is 1. The molecule has 28 heavy (non-hydrogen) atoms. The van der Waals surface area contributed by atoms with E-state index in [0.29, 0.717) is 11.1 Å². The zero-order valence-corrected chi connectivity index (χ0v) is 14.9. The fourth-order valence-corrected chi connectivity index (χ4v) is 2.66. The van der Waals surface area contributed by atoms with Crippen molar-refractivity contribution in [1.29, 1.82) is 0 Å². The normalized spacial score (nSPS) is 10.6. The molecule has 10 heteroatoms. The molecule has 144 valence electrons. The number of ketones is 1. The lowest BCUT2D eigenvalue weighted by Crippen LogP contribution is -2.25. The quantitative estimate of drug-likeness (QED) is 0.391. The largest absolute Gasteiger partial charge is 0.496 e. The maximum atomic E-state index is 12.4. The number of oxazole rings is 1. The molecule has 3 aromatic rings. The fourth-order valence-electron chi connectivity index (χ4n) is 2.66. The molecule has 0 atom stereocenters. The van der Waals surface area contributed by atoms with Crippen molar-refractivity contribution in [2.24, 2.45) is 0 Å². The first-order chi connectivity index (χ1) is 13.3. The second-order valence-corrected chi connectivity index (χ2v) is 5.88. The molecule has 1 amide bonds. The van der Waals surface area contributed by atoms with Crippen LogP contribution in [0.2, 0.25) is 0 Å². The van der Waals surface area contributed by atoms with E-state index in [4.69, 9.17) is 9.15 Å². The maximum absolute atomic E-state index is 12.4. The topological polar surface area (TPSA) is 134 Å². The Morgan fingerprint density at radius 1 is 1.25 bits per heavy atom. The number of fused-ring (bicyclic) bond motifs is 1. The first kappa shape index (κ1) is 18.8. The summed E-state index contributed by atoms with van der Waals surface area (Å²) in [5, 5.41) is 13.6. The third-order valence-corrected chi connectivity index (χ3v) is 4.05. The van der Waals surface area contributed by atoms with Crippen LogP contribution in [0.3, 0.4) is 0 Å². The van der Waals surface area contributed by atoms with Crippen molar-refractivity contribution in [2.45, 2.75) is 13.5 Å². The Bertz CT molecular complexity index is 1160. The van der Waals surface area contributed by atoms with E-state index in [1.165, 1.54) is 50.4 Å². The first-order valence-corrected chi connectivity index (χ1v) is 8.06. The van der Waals surface area contributed by atoms with Gasteiger partial charge in [0, 0.05) is 5.56 Å². The molecule has 0 aliphatic rings. The van der Waals surface area contributed by atoms with E-state index in [1.807, 2.05) is 0 Å². The Labute approximate surface area is 157 Å². The molecule has 0 spiro atoms. The molecule has 1 aromatic heterocycles. The molecule has 10 nitrogen and oxygen atoms in total. The van der Waals surface area contributed by atoms with Gasteiger partial charge in [-0.05, 0) is 37.3 Å². The lowest BCUT2D eigenvalue weighted by atomic mass is 10.1. The molecular formula is C18H15N3O7. The summed E-state index contributed by atoms with van der Waals surface area (Å²) < 4.78 is 11.1. The van der Waals surface area contributed by atoms with Crippen molar-refractivity contribution in [3.05, 3.63) is 62.6 Å². The molecule has 0 saturated carbocycles. The van der Waals surface area contributed by atoms with Crippen LogP contribution >= 0.6 is 0 Å². The van der Waals surface area contributed by atoms with E-state index < -0.39 is 23.1 Å². The second-order valence-electron chi connectivity index (χ2n) is 5.88. The van der Waals surface area contributed by atoms with Gasteiger partial charge in [-0.1, -0.05) is 0 Å². The number of methoxy groups -OCH3 is 1. The number of benzene rings is 2. The van der Waals surface area contributed by atoms with Gasteiger partial charge in [0.05, 0.1) is 23.6 Å². The number of Topliss-reactive ketones (excluding diaryl/α,β-unsaturated/α-hetero) is 1. The van der Waals surface area contributed by atoms with Crippen molar-refractivity contribution in [1.82, 2.24) is 4.57 Å². The maximum Gasteiger partial charge on any atom is 0.420 e. The fraction of sp³-hybridized carbons (Fsp3) is 0.167. The van der Waals surface area contributed by atoms with E-state index in [-0.39, 0.29) is 28.5 Å². The molecule has 3 rings (SSSR count). The summed E-state index contributed by atoms with van der Waals surface area (Å²) in [6.45, 7) is 0.958. The van der Waals surface area contributed by atoms with E-state index in [2.05, 4.69) is 5.32 Å². The van der Waals surface area contributed by atoms with Crippen LogP contribution in [0.15, 0.2) is 45.6 Å². The predicted octanol–water partition coefficient (Wildman–Crippen LogP) is 2.35. The summed E-state index contributed by atoms with van der Waals surface area (Å²) in [5.74, 6) is -1.37. The van der Waals surface area contributed by atoms with Gasteiger partial charge in [0.15, 0.2) is 11.4 Å². The number of hydrogen-bond donors (Lipinski definition) is 1. The van der Waals surface area contributed by atoms with Gasteiger partial charge in [0.1, 0.15) is 18.0 Å². The number of carbonyl (C=O) groups is 2. The van der Waals surface area contributed by atoms with Crippen molar-refractivity contribution in [3.63, 3.8) is 0 Å². The summed E-state index contributed by atoms with van der Waals surface area (Å²) in [6, 6.07) is 8.41. The van der Waals surface area contributed by atoms with E-state index in [0.717, 1.165) is 4.57 Å². The molecule has 0 bridgehead atoms. The van der Waals surface area contributed by atoms with Crippen molar-refractivity contribution in [3.8, 4) is 5.75 Å². The van der Waals surface area contributed by atoms with Gasteiger partial charge in [-0.3, -0.25) is 24.3 Å². The highest BCUT2D eigenvalue weighted by molar-refractivity contribution is 5.97. The Balaban J connectivity index is 1.88. The highest BCUT2D eigenvalue weighted by Gasteiger charge is 2.19. The summed E-state index contributed by atoms with van der Waals surface area (Å²) >= 11 is 0. The Kier molecular flexibility index (Phi) is 4.94. The monoisotopic (exact) mass is 385 g/mol. The molecule has 0 aliphatic heterocycles. The van der Waals surface area contributed by atoms with Crippen LogP contribution in [0, 0.1) is 10.1 Å². The van der Waals surface area contributed by atoms with Crippen LogP contribution in [-0.2, 0) is 11.3 Å². The Morgan fingerprint density at radius 2 is 2.00 bits per heavy atom. The zero-order valence-electron chi connectivity index (χ0n) is 14.9. The van der Waals surface area contributed by atoms with Gasteiger partial charge in [-0.25, -0.2) is 4.79 Å². The van der Waals surface area contributed by atoms with E-state index in [9.17, 15) is 24.5 Å². The lowest BCUT2D eigenvalue weighted by molar-refractivity contribution is -0.384. The minimum absolute atomic E-state index is 0.0319. The number of nitrogens with zero attached hydrogens (tertiary/aromatic N) is 2. The number of carbonyl (C=O) groups excluding carboxylic acids is 2. The number of anilines is 1. The molecule has 1 heterocycles. The van der Waals surface area contributed by atoms with Crippen molar-refractivity contribution < 1.29 is 23.7 Å². The van der Waals surface area contributed by atoms with Crippen LogP contribution < -0.4 is 15.8 Å². The Hall–Kier alpha value is -3.95. The average molecular weight is 385 g/mol. The standard InChI is InChI=1S/C18H15N3O7/c1-10(22)11-3-6-14-16(7-11)28-18(24)20(14)9-17(23)19-13-5-4-12(27-2)8-15(13)21(25)26/h3-8H,9H2,1-2H3,(H,19,23). The number of nitro benzene ring substituents is 1. The first-order valence-electron chi connectivity index (χ1n) is 8.06. The SMILES string of the molecule is COc1ccc(NC(=O)Cn2c(=O)oc3cc(C(C)=O)ccc32)c([N+](=O)[O-])c1. The summed E-state index contributed by atoms with van der Waals surface area (Å²) in [7, 11) is 1.37. The van der Waals surface area contributed by atoms with Gasteiger partial charge in [-0.2, -0.15) is 0 Å². The smallest absolute Gasteiger partial charge is 0.420 e. The predicted molar refractivity (Wildman–Crippen MR) is 98.8 cm³/mol. The third kappa shape index (κ3) is 3.61. The van der Waals surface area contributed by atoms with E-state index >= 15 is 0 Å². The average Bonchev–Trinajstić information content (AvgIpc) is 2.96. The summed E-state index contributed by atoms with van der Waals surface area (Å²) in [5.41, 5.74) is 0.487. The molecule has 1 N–H and O–H groups in total. The van der Waals surface area contributed by atoms with Crippen molar-refractivity contribution >= 4 is 34.2 Å². The minimum atomic E-state index is -0.782. The molecular weight excluding hydrogens is 370 g/mol. The number of ether oxygens (including phenoxy) is 1. The zero-order chi connectivity index (χ0) is 20.4. The number of hydrogen-bond acceptors (Lipinski definition) is 7. The van der Waals surface area contributed by atoms with Gasteiger partial charge in [0.25, 0.3) is 5.69 Å². The highest BCUT2D eigenvalue weighted by atomic mass is 16.6. The summed E-state index contributed by atoms with van der Waals surface area (Å²) in [6.07, 6.45) is 0. The Morgan fingerprint density at radius 3 is 2.64 bits per heavy atom. The van der Waals surface area contributed by atoms with Crippen LogP contribution in [0.5, 0.6) is 5.75 Å². The number of nitrogens with one attached hydrogen (secondary N) is 1. The second kappa shape index (κ2) is 7.35. The van der Waals surface area contributed by atoms with Crippen LogP contribution in [0.4, 0.5) is 11.4 Å². The minimum Gasteiger partial charge on any atom is -0.496 e. The number of amides is 1. The molecule has 0 unspecified atom stereocenters. The molecule has 0 radical (unpaired) electrons. The molecule has 2 aromatic carbocycles. The third-order valence-electron chi connectivity index (χ3n) is 4.05. The molecule has 0 fully saturated rings. The lowest BCUT2D eigenvalue weighted by Gasteiger charge is -2.08. The molecule has 0 aliphatic carbocycles. The number of rotatable bonds is 6. The van der Waals surface area contributed by atoms with Gasteiger partial charge < -0.3 is 14.5 Å². The van der Waals surface area contributed by atoms with Crippen LogP contribution in [0.1, 0.15) is 17.3 Å².